The highest BCUT2D eigenvalue weighted by atomic mass is 32.1. The predicted octanol–water partition coefficient (Wildman–Crippen LogP) is 3.26. The molecule has 1 aliphatic heterocycles. The first-order valence-corrected chi connectivity index (χ1v) is 12.9. The predicted molar refractivity (Wildman–Crippen MR) is 145 cm³/mol. The second-order valence-electron chi connectivity index (χ2n) is 8.66. The van der Waals surface area contributed by atoms with Crippen LogP contribution < -0.4 is 25.0 Å². The fourth-order valence-electron chi connectivity index (χ4n) is 4.41. The molecule has 0 atom stereocenters. The molecule has 0 saturated carbocycles. The lowest BCUT2D eigenvalue weighted by atomic mass is 10.1. The number of thiazole rings is 1. The SMILES string of the molecule is CCOc1ccc(-c2nc3s/c(=C4\C(=O)N(CC(=O)Nc5ccc(F)cc5)c5ccccc54)c(=O)n3n2)cc1. The topological polar surface area (TPSA) is 106 Å². The summed E-state index contributed by atoms with van der Waals surface area (Å²) in [6.45, 7) is 2.17. The quantitative estimate of drug-likeness (QED) is 0.354. The van der Waals surface area contributed by atoms with Gasteiger partial charge in [0.05, 0.1) is 17.9 Å². The molecule has 2 aromatic heterocycles. The molecule has 3 heterocycles. The van der Waals surface area contributed by atoms with Crippen molar-refractivity contribution in [2.24, 2.45) is 0 Å². The first-order chi connectivity index (χ1) is 18.9. The van der Waals surface area contributed by atoms with Crippen molar-refractivity contribution in [3.8, 4) is 17.1 Å². The molecule has 0 bridgehead atoms. The van der Waals surface area contributed by atoms with Crippen LogP contribution in [-0.2, 0) is 9.59 Å². The Morgan fingerprint density at radius 3 is 2.49 bits per heavy atom. The van der Waals surface area contributed by atoms with E-state index in [1.807, 2.05) is 31.2 Å². The number of nitrogens with zero attached hydrogens (tertiary/aromatic N) is 4. The van der Waals surface area contributed by atoms with E-state index in [4.69, 9.17) is 4.74 Å². The molecule has 11 heteroatoms. The van der Waals surface area contributed by atoms with E-state index < -0.39 is 23.2 Å². The van der Waals surface area contributed by atoms with E-state index in [-0.39, 0.29) is 16.7 Å². The number of halogens is 1. The molecule has 5 aromatic rings. The van der Waals surface area contributed by atoms with Crippen LogP contribution in [0.25, 0.3) is 21.9 Å². The van der Waals surface area contributed by atoms with Gasteiger partial charge in [-0.3, -0.25) is 19.3 Å². The molecule has 0 spiro atoms. The molecule has 39 heavy (non-hydrogen) atoms. The minimum absolute atomic E-state index is 0.196. The van der Waals surface area contributed by atoms with Crippen molar-refractivity contribution < 1.29 is 18.7 Å². The summed E-state index contributed by atoms with van der Waals surface area (Å²) in [4.78, 5) is 45.9. The highest BCUT2D eigenvalue weighted by Gasteiger charge is 2.35. The number of aromatic nitrogens is 3. The number of anilines is 2. The molecule has 0 aliphatic carbocycles. The first kappa shape index (κ1) is 24.4. The maximum atomic E-state index is 13.6. The normalized spacial score (nSPS) is 14.1. The van der Waals surface area contributed by atoms with Crippen molar-refractivity contribution in [3.05, 3.63) is 99.1 Å². The Morgan fingerprint density at radius 1 is 1.03 bits per heavy atom. The van der Waals surface area contributed by atoms with Gasteiger partial charge >= 0.3 is 0 Å². The summed E-state index contributed by atoms with van der Waals surface area (Å²) in [5.74, 6) is -0.252. The van der Waals surface area contributed by atoms with Crippen LogP contribution in [0.1, 0.15) is 12.5 Å². The fraction of sp³-hybridized carbons (Fsp3) is 0.107. The van der Waals surface area contributed by atoms with E-state index in [0.717, 1.165) is 22.6 Å². The number of amides is 2. The third kappa shape index (κ3) is 4.42. The molecule has 0 saturated heterocycles. The Kier molecular flexibility index (Phi) is 6.12. The van der Waals surface area contributed by atoms with Crippen LogP contribution in [0.15, 0.2) is 77.6 Å². The number of para-hydroxylation sites is 1. The molecule has 0 fully saturated rings. The number of carbonyl (C=O) groups is 2. The Labute approximate surface area is 224 Å². The molecule has 9 nitrogen and oxygen atoms in total. The molecule has 2 amide bonds. The number of hydrogen-bond acceptors (Lipinski definition) is 7. The van der Waals surface area contributed by atoms with Crippen molar-refractivity contribution in [1.82, 2.24) is 14.6 Å². The number of carbonyl (C=O) groups excluding carboxylic acids is 2. The van der Waals surface area contributed by atoms with Gasteiger partial charge in [0, 0.05) is 16.8 Å². The number of ether oxygens (including phenoxy) is 1. The van der Waals surface area contributed by atoms with Gasteiger partial charge < -0.3 is 10.1 Å². The zero-order valence-electron chi connectivity index (χ0n) is 20.6. The van der Waals surface area contributed by atoms with Crippen molar-refractivity contribution >= 4 is 45.1 Å². The average molecular weight is 542 g/mol. The zero-order chi connectivity index (χ0) is 27.1. The van der Waals surface area contributed by atoms with Crippen molar-refractivity contribution in [1.29, 1.82) is 0 Å². The summed E-state index contributed by atoms with van der Waals surface area (Å²) in [5.41, 5.74) is 1.93. The molecule has 0 unspecified atom stereocenters. The number of rotatable bonds is 6. The third-order valence-corrected chi connectivity index (χ3v) is 7.19. The Balaban J connectivity index is 1.35. The van der Waals surface area contributed by atoms with Crippen LogP contribution in [-0.4, -0.2) is 39.6 Å². The van der Waals surface area contributed by atoms with Gasteiger partial charge in [-0.05, 0) is 61.5 Å². The second kappa shape index (κ2) is 9.76. The monoisotopic (exact) mass is 541 g/mol. The van der Waals surface area contributed by atoms with Gasteiger partial charge in [-0.15, -0.1) is 5.10 Å². The van der Waals surface area contributed by atoms with E-state index >= 15 is 0 Å². The molecule has 1 aliphatic rings. The van der Waals surface area contributed by atoms with E-state index in [0.29, 0.717) is 34.3 Å². The fourth-order valence-corrected chi connectivity index (χ4v) is 5.41. The number of fused-ring (bicyclic) bond motifs is 2. The van der Waals surface area contributed by atoms with E-state index in [9.17, 15) is 18.8 Å². The average Bonchev–Trinajstić information content (AvgIpc) is 3.57. The lowest BCUT2D eigenvalue weighted by Gasteiger charge is -2.16. The standard InChI is InChI=1S/C28H20FN5O4S/c1-2-38-19-13-7-16(8-14-19)25-31-28-34(32-25)27(37)24(39-28)23-20-5-3-4-6-21(20)33(26(23)36)15-22(35)30-18-11-9-17(29)10-12-18/h3-14H,2,15H2,1H3,(H,30,35)/b24-23-. The molecular weight excluding hydrogens is 521 g/mol. The smallest absolute Gasteiger partial charge is 0.291 e. The number of hydrogen-bond donors (Lipinski definition) is 1. The molecule has 0 radical (unpaired) electrons. The lowest BCUT2D eigenvalue weighted by Crippen LogP contribution is -2.37. The van der Waals surface area contributed by atoms with Crippen LogP contribution in [0.3, 0.4) is 0 Å². The van der Waals surface area contributed by atoms with Crippen LogP contribution >= 0.6 is 11.3 Å². The van der Waals surface area contributed by atoms with Crippen LogP contribution in [0, 0.1) is 5.82 Å². The van der Waals surface area contributed by atoms with Gasteiger partial charge in [0.15, 0.2) is 5.82 Å². The van der Waals surface area contributed by atoms with Gasteiger partial charge in [0.1, 0.15) is 22.6 Å². The van der Waals surface area contributed by atoms with Crippen molar-refractivity contribution in [3.63, 3.8) is 0 Å². The van der Waals surface area contributed by atoms with Crippen LogP contribution in [0.2, 0.25) is 0 Å². The van der Waals surface area contributed by atoms with E-state index in [2.05, 4.69) is 15.4 Å². The number of nitrogens with one attached hydrogen (secondary N) is 1. The van der Waals surface area contributed by atoms with Crippen LogP contribution in [0.4, 0.5) is 15.8 Å². The molecule has 6 rings (SSSR count). The summed E-state index contributed by atoms with van der Waals surface area (Å²) in [6.07, 6.45) is 0. The van der Waals surface area contributed by atoms with Gasteiger partial charge in [-0.1, -0.05) is 29.5 Å². The summed E-state index contributed by atoms with van der Waals surface area (Å²) in [6, 6.07) is 19.6. The molecule has 1 N–H and O–H groups in total. The minimum atomic E-state index is -0.473. The summed E-state index contributed by atoms with van der Waals surface area (Å²) in [7, 11) is 0. The maximum absolute atomic E-state index is 13.6. The van der Waals surface area contributed by atoms with Gasteiger partial charge in [0.25, 0.3) is 11.5 Å². The highest BCUT2D eigenvalue weighted by Crippen LogP contribution is 2.35. The Hall–Kier alpha value is -4.90. The lowest BCUT2D eigenvalue weighted by molar-refractivity contribution is -0.118. The first-order valence-electron chi connectivity index (χ1n) is 12.1. The summed E-state index contributed by atoms with van der Waals surface area (Å²) in [5, 5.41) is 7.05. The van der Waals surface area contributed by atoms with Gasteiger partial charge in [-0.25, -0.2) is 4.39 Å². The molecule has 194 valence electrons. The van der Waals surface area contributed by atoms with Crippen molar-refractivity contribution in [2.45, 2.75) is 6.92 Å². The van der Waals surface area contributed by atoms with Crippen molar-refractivity contribution in [2.75, 3.05) is 23.4 Å². The highest BCUT2D eigenvalue weighted by molar-refractivity contribution is 7.15. The number of benzene rings is 3. The molecule has 3 aromatic carbocycles. The largest absolute Gasteiger partial charge is 0.494 e. The Bertz CT molecular complexity index is 1850. The minimum Gasteiger partial charge on any atom is -0.494 e. The summed E-state index contributed by atoms with van der Waals surface area (Å²) >= 11 is 1.07. The van der Waals surface area contributed by atoms with E-state index in [1.165, 1.54) is 33.7 Å². The zero-order valence-corrected chi connectivity index (χ0v) is 21.4. The van der Waals surface area contributed by atoms with Gasteiger partial charge in [0.2, 0.25) is 10.9 Å². The van der Waals surface area contributed by atoms with Gasteiger partial charge in [-0.2, -0.15) is 9.50 Å². The van der Waals surface area contributed by atoms with E-state index in [1.54, 1.807) is 24.3 Å². The summed E-state index contributed by atoms with van der Waals surface area (Å²) < 4.78 is 20.1. The molecular formula is C28H20FN5O4S. The maximum Gasteiger partial charge on any atom is 0.291 e. The van der Waals surface area contributed by atoms with Crippen LogP contribution in [0.5, 0.6) is 5.75 Å². The third-order valence-electron chi connectivity index (χ3n) is 6.16. The second-order valence-corrected chi connectivity index (χ2v) is 9.64. The Morgan fingerprint density at radius 2 is 1.77 bits per heavy atom.